The molecule has 0 bridgehead atoms. The number of alkyl carbamates (subject to hydrolysis) is 1. The topological polar surface area (TPSA) is 152 Å². The molecule has 4 atom stereocenters. The summed E-state index contributed by atoms with van der Waals surface area (Å²) in [5, 5.41) is 10.8. The zero-order valence-corrected chi connectivity index (χ0v) is 24.7. The van der Waals surface area contributed by atoms with Crippen LogP contribution in [0.3, 0.4) is 0 Å². The molecule has 0 aromatic heterocycles. The van der Waals surface area contributed by atoms with Crippen molar-refractivity contribution in [3.63, 3.8) is 0 Å². The Kier molecular flexibility index (Phi) is 11.7. The zero-order chi connectivity index (χ0) is 31.5. The summed E-state index contributed by atoms with van der Waals surface area (Å²) in [6.07, 6.45) is 2.69. The van der Waals surface area contributed by atoms with Crippen molar-refractivity contribution < 1.29 is 37.8 Å². The van der Waals surface area contributed by atoms with Crippen LogP contribution in [0.15, 0.2) is 54.6 Å². The molecule has 2 fully saturated rings. The summed E-state index contributed by atoms with van der Waals surface area (Å²) in [5.41, 5.74) is 1.34. The predicted molar refractivity (Wildman–Crippen MR) is 157 cm³/mol. The Hall–Kier alpha value is -4.48. The molecule has 2 aromatic rings. The lowest BCUT2D eigenvalue weighted by Crippen LogP contribution is -2.57. The lowest BCUT2D eigenvalue weighted by molar-refractivity contribution is -0.146. The smallest absolute Gasteiger partial charge is 0.408 e. The van der Waals surface area contributed by atoms with Crippen LogP contribution < -0.4 is 21.3 Å². The Morgan fingerprint density at radius 3 is 2.20 bits per heavy atom. The molecule has 0 radical (unpaired) electrons. The van der Waals surface area contributed by atoms with E-state index in [0.29, 0.717) is 24.9 Å². The molecular formula is C32H39FN4O7. The molecule has 0 spiro atoms. The lowest BCUT2D eigenvalue weighted by Gasteiger charge is -2.28. The quantitative estimate of drug-likeness (QED) is 0.240. The lowest BCUT2D eigenvalue weighted by atomic mass is 9.91. The molecule has 12 heteroatoms. The van der Waals surface area contributed by atoms with Crippen molar-refractivity contribution in [2.24, 2.45) is 11.8 Å². The summed E-state index contributed by atoms with van der Waals surface area (Å²) in [4.78, 5) is 64.7. The number of rotatable bonds is 14. The van der Waals surface area contributed by atoms with Crippen molar-refractivity contribution in [1.29, 1.82) is 0 Å². The first-order chi connectivity index (χ1) is 21.2. The average molecular weight is 611 g/mol. The third kappa shape index (κ3) is 10.1. The van der Waals surface area contributed by atoms with E-state index in [1.54, 1.807) is 24.3 Å². The Labute approximate surface area is 255 Å². The van der Waals surface area contributed by atoms with Crippen molar-refractivity contribution in [2.45, 2.75) is 69.7 Å². The highest BCUT2D eigenvalue weighted by Gasteiger charge is 2.36. The molecule has 1 saturated carbocycles. The van der Waals surface area contributed by atoms with Crippen molar-refractivity contribution in [3.8, 4) is 0 Å². The second-order valence-corrected chi connectivity index (χ2v) is 11.3. The van der Waals surface area contributed by atoms with Crippen molar-refractivity contribution in [1.82, 2.24) is 21.3 Å². The molecule has 11 nitrogen and oxygen atoms in total. The highest BCUT2D eigenvalue weighted by atomic mass is 19.1. The van der Waals surface area contributed by atoms with Crippen molar-refractivity contribution >= 4 is 29.8 Å². The van der Waals surface area contributed by atoms with Gasteiger partial charge in [0.2, 0.25) is 17.7 Å². The van der Waals surface area contributed by atoms with E-state index < -0.39 is 53.7 Å². The fraction of sp³-hybridized carbons (Fsp3) is 0.469. The molecule has 1 aliphatic carbocycles. The Balaban J connectivity index is 1.45. The van der Waals surface area contributed by atoms with E-state index in [4.69, 9.17) is 9.47 Å². The first-order valence-electron chi connectivity index (χ1n) is 14.9. The molecule has 0 unspecified atom stereocenters. The van der Waals surface area contributed by atoms with Gasteiger partial charge < -0.3 is 30.7 Å². The van der Waals surface area contributed by atoms with E-state index in [9.17, 15) is 28.4 Å². The monoisotopic (exact) mass is 610 g/mol. The molecule has 1 saturated heterocycles. The summed E-state index contributed by atoms with van der Waals surface area (Å²) >= 11 is 0. The number of piperidine rings is 1. The minimum absolute atomic E-state index is 0.00585. The SMILES string of the molecule is COC(=O)[C@H](C[C@@H]1CCCNC1=O)NC(=O)[C@H](CC1CC1)NC(=O)[C@H](Cc1ccc(F)cc1)NC(=O)OCc1ccccc1. The molecule has 4 rings (SSSR count). The minimum atomic E-state index is -1.15. The van der Waals surface area contributed by atoms with Crippen LogP contribution in [0.25, 0.3) is 0 Å². The van der Waals surface area contributed by atoms with Gasteiger partial charge in [-0.25, -0.2) is 14.0 Å². The number of carbonyl (C=O) groups excluding carboxylic acids is 5. The van der Waals surface area contributed by atoms with Gasteiger partial charge in [-0.05, 0) is 54.9 Å². The molecule has 44 heavy (non-hydrogen) atoms. The largest absolute Gasteiger partial charge is 0.467 e. The van der Waals surface area contributed by atoms with Crippen LogP contribution in [-0.4, -0.2) is 61.6 Å². The van der Waals surface area contributed by atoms with E-state index in [2.05, 4.69) is 21.3 Å². The summed E-state index contributed by atoms with van der Waals surface area (Å²) in [6.45, 7) is 0.547. The molecule has 4 N–H and O–H groups in total. The molecule has 2 aromatic carbocycles. The number of halogens is 1. The molecule has 236 valence electrons. The third-order valence-corrected chi connectivity index (χ3v) is 7.80. The highest BCUT2D eigenvalue weighted by Crippen LogP contribution is 2.33. The van der Waals surface area contributed by atoms with Crippen LogP contribution in [0.5, 0.6) is 0 Å². The maximum atomic E-state index is 13.6. The van der Waals surface area contributed by atoms with E-state index >= 15 is 0 Å². The molecule has 4 amide bonds. The summed E-state index contributed by atoms with van der Waals surface area (Å²) < 4.78 is 23.7. The van der Waals surface area contributed by atoms with Crippen LogP contribution in [0, 0.1) is 17.7 Å². The van der Waals surface area contributed by atoms with E-state index in [1.165, 1.54) is 31.4 Å². The first kappa shape index (κ1) is 32.4. The molecule has 1 aliphatic heterocycles. The number of hydrogen-bond donors (Lipinski definition) is 4. The number of carbonyl (C=O) groups is 5. The maximum Gasteiger partial charge on any atom is 0.408 e. The summed E-state index contributed by atoms with van der Waals surface area (Å²) in [6, 6.07) is 11.3. The number of methoxy groups -OCH3 is 1. The van der Waals surface area contributed by atoms with Gasteiger partial charge in [0.05, 0.1) is 7.11 Å². The van der Waals surface area contributed by atoms with Crippen LogP contribution in [0.1, 0.15) is 49.7 Å². The minimum Gasteiger partial charge on any atom is -0.467 e. The van der Waals surface area contributed by atoms with Crippen LogP contribution >= 0.6 is 0 Å². The highest BCUT2D eigenvalue weighted by molar-refractivity contribution is 5.93. The van der Waals surface area contributed by atoms with Crippen LogP contribution in [0.2, 0.25) is 0 Å². The number of hydrogen-bond acceptors (Lipinski definition) is 7. The number of ether oxygens (including phenoxy) is 2. The van der Waals surface area contributed by atoms with E-state index in [1.807, 2.05) is 6.07 Å². The normalized spacial score (nSPS) is 18.1. The fourth-order valence-corrected chi connectivity index (χ4v) is 5.14. The van der Waals surface area contributed by atoms with Crippen molar-refractivity contribution in [3.05, 3.63) is 71.5 Å². The van der Waals surface area contributed by atoms with E-state index in [0.717, 1.165) is 24.8 Å². The van der Waals surface area contributed by atoms with Gasteiger partial charge >= 0.3 is 12.1 Å². The predicted octanol–water partition coefficient (Wildman–Crippen LogP) is 2.52. The van der Waals surface area contributed by atoms with Gasteiger partial charge in [0.1, 0.15) is 30.5 Å². The Morgan fingerprint density at radius 1 is 0.864 bits per heavy atom. The van der Waals surface area contributed by atoms with Gasteiger partial charge in [-0.1, -0.05) is 55.3 Å². The summed E-state index contributed by atoms with van der Waals surface area (Å²) in [5.74, 6) is -2.81. The molecule has 2 aliphatic rings. The van der Waals surface area contributed by atoms with Gasteiger partial charge in [0, 0.05) is 18.9 Å². The van der Waals surface area contributed by atoms with Gasteiger partial charge in [0.15, 0.2) is 0 Å². The summed E-state index contributed by atoms with van der Waals surface area (Å²) in [7, 11) is 1.20. The van der Waals surface area contributed by atoms with Gasteiger partial charge in [-0.3, -0.25) is 14.4 Å². The zero-order valence-electron chi connectivity index (χ0n) is 24.7. The number of benzene rings is 2. The van der Waals surface area contributed by atoms with Crippen molar-refractivity contribution in [2.75, 3.05) is 13.7 Å². The number of nitrogens with one attached hydrogen (secondary N) is 4. The first-order valence-corrected chi connectivity index (χ1v) is 14.9. The Morgan fingerprint density at radius 2 is 1.55 bits per heavy atom. The molecule has 1 heterocycles. The average Bonchev–Trinajstić information content (AvgIpc) is 3.85. The fourth-order valence-electron chi connectivity index (χ4n) is 5.14. The second-order valence-electron chi connectivity index (χ2n) is 11.3. The van der Waals surface area contributed by atoms with Gasteiger partial charge in [-0.2, -0.15) is 0 Å². The van der Waals surface area contributed by atoms with E-state index in [-0.39, 0.29) is 31.3 Å². The second kappa shape index (κ2) is 15.8. The van der Waals surface area contributed by atoms with Crippen LogP contribution in [0.4, 0.5) is 9.18 Å². The van der Waals surface area contributed by atoms with Crippen LogP contribution in [-0.2, 0) is 41.7 Å². The van der Waals surface area contributed by atoms with Gasteiger partial charge in [-0.15, -0.1) is 0 Å². The third-order valence-electron chi connectivity index (χ3n) is 7.80. The van der Waals surface area contributed by atoms with Gasteiger partial charge in [0.25, 0.3) is 0 Å². The Bertz CT molecular complexity index is 1300. The standard InChI is InChI=1S/C32H39FN4O7/c1-43-31(41)27(18-23-8-5-15-34-28(23)38)36-29(39)25(16-20-9-10-20)35-30(40)26(17-21-11-13-24(33)14-12-21)37-32(42)44-19-22-6-3-2-4-7-22/h2-4,6-7,11-14,20,23,25-27H,5,8-10,15-19H2,1H3,(H,34,38)(H,35,40)(H,36,39)(H,37,42)/t23-,25-,26-,27-/m0/s1. The number of esters is 1. The number of amides is 4. The maximum absolute atomic E-state index is 13.6. The molecular weight excluding hydrogens is 571 g/mol.